The van der Waals surface area contributed by atoms with Crippen LogP contribution >= 0.6 is 0 Å². The fourth-order valence-electron chi connectivity index (χ4n) is 2.57. The van der Waals surface area contributed by atoms with E-state index in [0.717, 1.165) is 18.7 Å². The lowest BCUT2D eigenvalue weighted by Crippen LogP contribution is -2.35. The van der Waals surface area contributed by atoms with Crippen molar-refractivity contribution in [1.29, 1.82) is 0 Å². The first-order valence-corrected chi connectivity index (χ1v) is 6.36. The number of nitrogens with zero attached hydrogens (tertiary/aromatic N) is 1. The van der Waals surface area contributed by atoms with Crippen LogP contribution in [0.15, 0.2) is 24.3 Å². The van der Waals surface area contributed by atoms with E-state index >= 15 is 0 Å². The van der Waals surface area contributed by atoms with Crippen LogP contribution in [0, 0.1) is 0 Å². The van der Waals surface area contributed by atoms with E-state index in [0.29, 0.717) is 13.1 Å². The zero-order valence-corrected chi connectivity index (χ0v) is 11.1. The summed E-state index contributed by atoms with van der Waals surface area (Å²) in [6, 6.07) is 8.16. The third-order valence-electron chi connectivity index (χ3n) is 3.65. The third kappa shape index (κ3) is 2.83. The number of benzene rings is 1. The molecule has 2 atom stereocenters. The standard InChI is InChI=1S/C14H22N2O2/c1-14(17)7-8-16(10-14)13(9-15)11-3-5-12(18-2)6-4-11/h3-6,13,17H,7-10,15H2,1-2H3. The Hall–Kier alpha value is -1.10. The number of hydrogen-bond donors (Lipinski definition) is 2. The molecule has 1 aliphatic heterocycles. The van der Waals surface area contributed by atoms with Crippen molar-refractivity contribution < 1.29 is 9.84 Å². The molecule has 0 saturated carbocycles. The van der Waals surface area contributed by atoms with Crippen molar-refractivity contribution in [2.45, 2.75) is 25.0 Å². The van der Waals surface area contributed by atoms with Gasteiger partial charge in [-0.25, -0.2) is 0 Å². The minimum Gasteiger partial charge on any atom is -0.497 e. The summed E-state index contributed by atoms with van der Waals surface area (Å²) in [6.07, 6.45) is 0.805. The van der Waals surface area contributed by atoms with Crippen LogP contribution in [0.1, 0.15) is 24.9 Å². The Morgan fingerprint density at radius 3 is 2.56 bits per heavy atom. The molecular formula is C14H22N2O2. The second-order valence-electron chi connectivity index (χ2n) is 5.24. The molecule has 1 fully saturated rings. The van der Waals surface area contributed by atoms with Gasteiger partial charge in [0.05, 0.1) is 12.7 Å². The minimum atomic E-state index is -0.583. The highest BCUT2D eigenvalue weighted by atomic mass is 16.5. The second kappa shape index (κ2) is 5.26. The van der Waals surface area contributed by atoms with Crippen LogP contribution in [0.4, 0.5) is 0 Å². The van der Waals surface area contributed by atoms with Crippen molar-refractivity contribution in [2.75, 3.05) is 26.7 Å². The molecule has 4 nitrogen and oxygen atoms in total. The SMILES string of the molecule is COc1ccc(C(CN)N2CCC(C)(O)C2)cc1. The van der Waals surface area contributed by atoms with E-state index in [1.165, 1.54) is 5.56 Å². The molecule has 0 aliphatic carbocycles. The maximum Gasteiger partial charge on any atom is 0.118 e. The zero-order chi connectivity index (χ0) is 13.2. The highest BCUT2D eigenvalue weighted by Gasteiger charge is 2.34. The largest absolute Gasteiger partial charge is 0.497 e. The molecule has 1 aromatic carbocycles. The van der Waals surface area contributed by atoms with Crippen molar-refractivity contribution in [1.82, 2.24) is 4.90 Å². The van der Waals surface area contributed by atoms with E-state index in [1.54, 1.807) is 7.11 Å². The average Bonchev–Trinajstić information content (AvgIpc) is 2.71. The molecule has 100 valence electrons. The molecule has 1 aromatic rings. The normalized spacial score (nSPS) is 26.2. The molecule has 0 amide bonds. The molecule has 3 N–H and O–H groups in total. The number of hydrogen-bond acceptors (Lipinski definition) is 4. The van der Waals surface area contributed by atoms with Crippen LogP contribution in [0.25, 0.3) is 0 Å². The van der Waals surface area contributed by atoms with E-state index in [1.807, 2.05) is 31.2 Å². The van der Waals surface area contributed by atoms with Gasteiger partial charge < -0.3 is 15.6 Å². The number of aliphatic hydroxyl groups is 1. The van der Waals surface area contributed by atoms with Gasteiger partial charge in [-0.3, -0.25) is 4.90 Å². The summed E-state index contributed by atoms with van der Waals surface area (Å²) in [6.45, 7) is 4.01. The molecule has 1 aliphatic rings. The summed E-state index contributed by atoms with van der Waals surface area (Å²) in [5.41, 5.74) is 6.48. The maximum absolute atomic E-state index is 10.0. The van der Waals surface area contributed by atoms with Crippen LogP contribution < -0.4 is 10.5 Å². The Morgan fingerprint density at radius 1 is 1.44 bits per heavy atom. The maximum atomic E-state index is 10.0. The first kappa shape index (κ1) is 13.3. The first-order chi connectivity index (χ1) is 8.55. The van der Waals surface area contributed by atoms with Gasteiger partial charge >= 0.3 is 0 Å². The van der Waals surface area contributed by atoms with E-state index in [9.17, 15) is 5.11 Å². The molecule has 0 spiro atoms. The minimum absolute atomic E-state index is 0.171. The van der Waals surface area contributed by atoms with Crippen molar-refractivity contribution in [3.05, 3.63) is 29.8 Å². The molecule has 18 heavy (non-hydrogen) atoms. The topological polar surface area (TPSA) is 58.7 Å². The Balaban J connectivity index is 2.13. The van der Waals surface area contributed by atoms with Crippen LogP contribution in [-0.2, 0) is 0 Å². The van der Waals surface area contributed by atoms with Gasteiger partial charge in [0.15, 0.2) is 0 Å². The predicted octanol–water partition coefficient (Wildman–Crippen LogP) is 1.15. The van der Waals surface area contributed by atoms with E-state index in [-0.39, 0.29) is 6.04 Å². The summed E-state index contributed by atoms with van der Waals surface area (Å²) in [5.74, 6) is 0.850. The molecule has 2 unspecified atom stereocenters. The molecule has 0 radical (unpaired) electrons. The number of methoxy groups -OCH3 is 1. The van der Waals surface area contributed by atoms with Gasteiger partial charge in [-0.15, -0.1) is 0 Å². The lowest BCUT2D eigenvalue weighted by molar-refractivity contribution is 0.0626. The highest BCUT2D eigenvalue weighted by molar-refractivity contribution is 5.29. The van der Waals surface area contributed by atoms with Gasteiger partial charge in [0, 0.05) is 25.7 Å². The summed E-state index contributed by atoms with van der Waals surface area (Å²) in [4.78, 5) is 2.25. The van der Waals surface area contributed by atoms with Gasteiger partial charge in [0.2, 0.25) is 0 Å². The summed E-state index contributed by atoms with van der Waals surface area (Å²) >= 11 is 0. The average molecular weight is 250 g/mol. The number of ether oxygens (including phenoxy) is 1. The lowest BCUT2D eigenvalue weighted by Gasteiger charge is -2.28. The highest BCUT2D eigenvalue weighted by Crippen LogP contribution is 2.29. The van der Waals surface area contributed by atoms with Crippen LogP contribution in [0.3, 0.4) is 0 Å². The Kier molecular flexibility index (Phi) is 3.90. The van der Waals surface area contributed by atoms with Crippen LogP contribution in [0.5, 0.6) is 5.75 Å². The van der Waals surface area contributed by atoms with Gasteiger partial charge in [-0.05, 0) is 31.0 Å². The molecule has 2 rings (SSSR count). The second-order valence-corrected chi connectivity index (χ2v) is 5.24. The van der Waals surface area contributed by atoms with Crippen molar-refractivity contribution in [3.63, 3.8) is 0 Å². The summed E-state index contributed by atoms with van der Waals surface area (Å²) < 4.78 is 5.16. The van der Waals surface area contributed by atoms with Crippen molar-refractivity contribution >= 4 is 0 Å². The first-order valence-electron chi connectivity index (χ1n) is 6.36. The molecule has 1 saturated heterocycles. The van der Waals surface area contributed by atoms with Crippen molar-refractivity contribution in [3.8, 4) is 5.75 Å². The van der Waals surface area contributed by atoms with E-state index < -0.39 is 5.60 Å². The quantitative estimate of drug-likeness (QED) is 0.841. The fourth-order valence-corrected chi connectivity index (χ4v) is 2.57. The molecule has 0 bridgehead atoms. The molecular weight excluding hydrogens is 228 g/mol. The number of rotatable bonds is 4. The predicted molar refractivity (Wildman–Crippen MR) is 71.6 cm³/mol. The Morgan fingerprint density at radius 2 is 2.11 bits per heavy atom. The summed E-state index contributed by atoms with van der Waals surface area (Å²) in [5, 5.41) is 10.0. The zero-order valence-electron chi connectivity index (χ0n) is 11.1. The van der Waals surface area contributed by atoms with Gasteiger partial charge in [-0.1, -0.05) is 12.1 Å². The molecule has 4 heteroatoms. The fraction of sp³-hybridized carbons (Fsp3) is 0.571. The molecule has 0 aromatic heterocycles. The monoisotopic (exact) mass is 250 g/mol. The molecule has 1 heterocycles. The Labute approximate surface area is 108 Å². The smallest absolute Gasteiger partial charge is 0.118 e. The van der Waals surface area contributed by atoms with Gasteiger partial charge in [0.1, 0.15) is 5.75 Å². The lowest BCUT2D eigenvalue weighted by atomic mass is 10.0. The Bertz CT molecular complexity index is 389. The van der Waals surface area contributed by atoms with E-state index in [4.69, 9.17) is 10.5 Å². The van der Waals surface area contributed by atoms with E-state index in [2.05, 4.69) is 4.90 Å². The number of likely N-dealkylation sites (tertiary alicyclic amines) is 1. The van der Waals surface area contributed by atoms with Crippen LogP contribution in [0.2, 0.25) is 0 Å². The van der Waals surface area contributed by atoms with Gasteiger partial charge in [-0.2, -0.15) is 0 Å². The van der Waals surface area contributed by atoms with Crippen LogP contribution in [-0.4, -0.2) is 42.4 Å². The summed E-state index contributed by atoms with van der Waals surface area (Å²) in [7, 11) is 1.66. The number of β-amino-alcohol motifs (C(OH)–C–C–N with tert-alkyl or cyclic N) is 1. The third-order valence-corrected chi connectivity index (χ3v) is 3.65. The van der Waals surface area contributed by atoms with Gasteiger partial charge in [0.25, 0.3) is 0 Å². The number of nitrogens with two attached hydrogens (primary N) is 1. The van der Waals surface area contributed by atoms with Crippen molar-refractivity contribution in [2.24, 2.45) is 5.73 Å².